The molecule has 1 heterocycles. The highest BCUT2D eigenvalue weighted by molar-refractivity contribution is 7.16. The van der Waals surface area contributed by atoms with Crippen molar-refractivity contribution < 1.29 is 18.4 Å². The fraction of sp³-hybridized carbons (Fsp3) is 0.190. The van der Waals surface area contributed by atoms with E-state index in [2.05, 4.69) is 15.6 Å². The standard InChI is InChI=1S/C21H17F2N3O2S/c1-11-2-4-12(5-3-11)19(27)26-21-25-18-14(7-9-17(18)29-21)20(28)24-13-6-8-15(22)16(23)10-13/h2-6,8,10,14H,7,9H2,1H3,(H,24,28)(H,25,26,27). The third-order valence-corrected chi connectivity index (χ3v) is 5.80. The quantitative estimate of drug-likeness (QED) is 0.654. The van der Waals surface area contributed by atoms with Gasteiger partial charge in [0.25, 0.3) is 5.91 Å². The molecule has 0 bridgehead atoms. The van der Waals surface area contributed by atoms with E-state index in [1.165, 1.54) is 17.4 Å². The molecule has 0 radical (unpaired) electrons. The predicted molar refractivity (Wildman–Crippen MR) is 107 cm³/mol. The monoisotopic (exact) mass is 413 g/mol. The van der Waals surface area contributed by atoms with Crippen LogP contribution in [-0.4, -0.2) is 16.8 Å². The van der Waals surface area contributed by atoms with Gasteiger partial charge in [-0.25, -0.2) is 13.8 Å². The zero-order chi connectivity index (χ0) is 20.5. The minimum Gasteiger partial charge on any atom is -0.325 e. The molecule has 1 aliphatic carbocycles. The molecule has 2 N–H and O–H groups in total. The fourth-order valence-corrected chi connectivity index (χ4v) is 4.25. The van der Waals surface area contributed by atoms with Crippen LogP contribution in [0.1, 0.15) is 38.8 Å². The fourth-order valence-electron chi connectivity index (χ4n) is 3.21. The SMILES string of the molecule is Cc1ccc(C(=O)Nc2nc3c(s2)CCC3C(=O)Nc2ccc(F)c(F)c2)cc1. The van der Waals surface area contributed by atoms with Crippen LogP contribution in [0, 0.1) is 18.6 Å². The molecule has 0 spiro atoms. The Hall–Kier alpha value is -3.13. The van der Waals surface area contributed by atoms with Gasteiger partial charge in [-0.05, 0) is 44.0 Å². The number of thiazole rings is 1. The van der Waals surface area contributed by atoms with Crippen molar-refractivity contribution in [3.8, 4) is 0 Å². The minimum atomic E-state index is -1.02. The number of carbonyl (C=O) groups is 2. The summed E-state index contributed by atoms with van der Waals surface area (Å²) in [6.07, 6.45) is 1.25. The van der Waals surface area contributed by atoms with Crippen LogP contribution in [-0.2, 0) is 11.2 Å². The Labute approximate surface area is 169 Å². The third-order valence-electron chi connectivity index (χ3n) is 4.76. The van der Waals surface area contributed by atoms with E-state index in [0.717, 1.165) is 22.6 Å². The molecule has 1 unspecified atom stereocenters. The van der Waals surface area contributed by atoms with E-state index in [0.29, 0.717) is 29.2 Å². The highest BCUT2D eigenvalue weighted by Gasteiger charge is 2.33. The van der Waals surface area contributed by atoms with Crippen molar-refractivity contribution in [3.63, 3.8) is 0 Å². The number of aryl methyl sites for hydroxylation is 2. The van der Waals surface area contributed by atoms with Gasteiger partial charge in [0.1, 0.15) is 0 Å². The van der Waals surface area contributed by atoms with Crippen LogP contribution in [0.25, 0.3) is 0 Å². The van der Waals surface area contributed by atoms with Crippen LogP contribution in [0.15, 0.2) is 42.5 Å². The summed E-state index contributed by atoms with van der Waals surface area (Å²) < 4.78 is 26.4. The van der Waals surface area contributed by atoms with Gasteiger partial charge < -0.3 is 5.32 Å². The zero-order valence-electron chi connectivity index (χ0n) is 15.5. The van der Waals surface area contributed by atoms with Crippen molar-refractivity contribution in [3.05, 3.63) is 75.8 Å². The zero-order valence-corrected chi connectivity index (χ0v) is 16.3. The number of fused-ring (bicyclic) bond motifs is 1. The highest BCUT2D eigenvalue weighted by Crippen LogP contribution is 2.39. The number of anilines is 2. The van der Waals surface area contributed by atoms with Crippen molar-refractivity contribution in [2.24, 2.45) is 0 Å². The number of benzene rings is 2. The summed E-state index contributed by atoms with van der Waals surface area (Å²) in [6, 6.07) is 10.4. The highest BCUT2D eigenvalue weighted by atomic mass is 32.1. The summed E-state index contributed by atoms with van der Waals surface area (Å²) in [4.78, 5) is 30.4. The van der Waals surface area contributed by atoms with E-state index in [1.54, 1.807) is 12.1 Å². The summed E-state index contributed by atoms with van der Waals surface area (Å²) in [5.41, 5.74) is 2.39. The minimum absolute atomic E-state index is 0.186. The van der Waals surface area contributed by atoms with Crippen LogP contribution >= 0.6 is 11.3 Å². The Bertz CT molecular complexity index is 1100. The summed E-state index contributed by atoms with van der Waals surface area (Å²) in [5, 5.41) is 5.82. The molecule has 148 valence electrons. The molecule has 4 rings (SSSR count). The smallest absolute Gasteiger partial charge is 0.257 e. The Kier molecular flexibility index (Phi) is 5.10. The number of rotatable bonds is 4. The second kappa shape index (κ2) is 7.71. The maximum atomic E-state index is 13.4. The topological polar surface area (TPSA) is 71.1 Å². The molecule has 2 amide bonds. The van der Waals surface area contributed by atoms with Crippen molar-refractivity contribution >= 4 is 34.0 Å². The van der Waals surface area contributed by atoms with Gasteiger partial charge in [-0.3, -0.25) is 14.9 Å². The summed E-state index contributed by atoms with van der Waals surface area (Å²) >= 11 is 1.35. The lowest BCUT2D eigenvalue weighted by atomic mass is 10.1. The first-order valence-corrected chi connectivity index (χ1v) is 9.86. The third kappa shape index (κ3) is 4.02. The average Bonchev–Trinajstić information content (AvgIpc) is 3.25. The lowest BCUT2D eigenvalue weighted by molar-refractivity contribution is -0.117. The van der Waals surface area contributed by atoms with Gasteiger partial charge in [0, 0.05) is 22.2 Å². The van der Waals surface area contributed by atoms with Gasteiger partial charge in [0.05, 0.1) is 11.6 Å². The molecule has 29 heavy (non-hydrogen) atoms. The van der Waals surface area contributed by atoms with Gasteiger partial charge in [-0.1, -0.05) is 17.7 Å². The molecule has 0 aliphatic heterocycles. The molecule has 5 nitrogen and oxygen atoms in total. The average molecular weight is 413 g/mol. The number of carbonyl (C=O) groups excluding carboxylic acids is 2. The first kappa shape index (κ1) is 19.2. The second-order valence-corrected chi connectivity index (χ2v) is 7.94. The summed E-state index contributed by atoms with van der Waals surface area (Å²) in [6.45, 7) is 1.94. The first-order chi connectivity index (χ1) is 13.9. The number of halogens is 2. The number of hydrogen-bond donors (Lipinski definition) is 2. The van der Waals surface area contributed by atoms with Crippen LogP contribution in [0.3, 0.4) is 0 Å². The second-order valence-electron chi connectivity index (χ2n) is 6.86. The van der Waals surface area contributed by atoms with Gasteiger partial charge in [-0.2, -0.15) is 0 Å². The van der Waals surface area contributed by atoms with Crippen molar-refractivity contribution in [2.75, 3.05) is 10.6 Å². The van der Waals surface area contributed by atoms with Crippen LogP contribution in [0.2, 0.25) is 0 Å². The largest absolute Gasteiger partial charge is 0.325 e. The molecule has 0 saturated carbocycles. The van der Waals surface area contributed by atoms with E-state index in [4.69, 9.17) is 0 Å². The van der Waals surface area contributed by atoms with E-state index >= 15 is 0 Å². The van der Waals surface area contributed by atoms with E-state index in [-0.39, 0.29) is 17.5 Å². The van der Waals surface area contributed by atoms with Crippen molar-refractivity contribution in [2.45, 2.75) is 25.7 Å². The molecule has 1 aromatic heterocycles. The van der Waals surface area contributed by atoms with Gasteiger partial charge in [-0.15, -0.1) is 11.3 Å². The van der Waals surface area contributed by atoms with Crippen molar-refractivity contribution in [1.82, 2.24) is 4.98 Å². The van der Waals surface area contributed by atoms with Crippen LogP contribution < -0.4 is 10.6 Å². The lowest BCUT2D eigenvalue weighted by Crippen LogP contribution is -2.20. The van der Waals surface area contributed by atoms with E-state index < -0.39 is 17.6 Å². The number of amides is 2. The van der Waals surface area contributed by atoms with Gasteiger partial charge >= 0.3 is 0 Å². The number of hydrogen-bond acceptors (Lipinski definition) is 4. The summed E-state index contributed by atoms with van der Waals surface area (Å²) in [7, 11) is 0. The maximum Gasteiger partial charge on any atom is 0.257 e. The van der Waals surface area contributed by atoms with Crippen LogP contribution in [0.5, 0.6) is 0 Å². The molecule has 8 heteroatoms. The van der Waals surface area contributed by atoms with E-state index in [9.17, 15) is 18.4 Å². The van der Waals surface area contributed by atoms with Crippen molar-refractivity contribution in [1.29, 1.82) is 0 Å². The summed E-state index contributed by atoms with van der Waals surface area (Å²) in [5.74, 6) is -3.10. The van der Waals surface area contributed by atoms with E-state index in [1.807, 2.05) is 19.1 Å². The molecular formula is C21H17F2N3O2S. The molecule has 1 aliphatic rings. The number of aromatic nitrogens is 1. The molecule has 0 fully saturated rings. The molecule has 2 aromatic carbocycles. The predicted octanol–water partition coefficient (Wildman–Crippen LogP) is 4.65. The maximum absolute atomic E-state index is 13.4. The van der Waals surface area contributed by atoms with Crippen LogP contribution in [0.4, 0.5) is 19.6 Å². The number of nitrogens with zero attached hydrogens (tertiary/aromatic N) is 1. The Morgan fingerprint density at radius 2 is 1.83 bits per heavy atom. The molecule has 1 atom stereocenters. The molecule has 3 aromatic rings. The number of nitrogens with one attached hydrogen (secondary N) is 2. The Balaban J connectivity index is 1.46. The Morgan fingerprint density at radius 1 is 1.07 bits per heavy atom. The van der Waals surface area contributed by atoms with Gasteiger partial charge in [0.15, 0.2) is 16.8 Å². The lowest BCUT2D eigenvalue weighted by Gasteiger charge is -2.11. The Morgan fingerprint density at radius 3 is 2.55 bits per heavy atom. The molecular weight excluding hydrogens is 396 g/mol. The normalized spacial score (nSPS) is 15.1. The molecule has 0 saturated heterocycles. The first-order valence-electron chi connectivity index (χ1n) is 9.04. The van der Waals surface area contributed by atoms with Gasteiger partial charge in [0.2, 0.25) is 5.91 Å².